The molecular formula is C26H23NO5. The predicted octanol–water partition coefficient (Wildman–Crippen LogP) is 4.00. The van der Waals surface area contributed by atoms with E-state index in [9.17, 15) is 14.7 Å². The molecule has 0 aliphatic carbocycles. The average Bonchev–Trinajstić information content (AvgIpc) is 3.10. The molecule has 1 N–H and O–H groups in total. The van der Waals surface area contributed by atoms with Crippen LogP contribution in [-0.2, 0) is 4.79 Å². The largest absolute Gasteiger partial charge is 0.479 e. The average molecular weight is 429 g/mol. The maximum absolute atomic E-state index is 13.5. The lowest BCUT2D eigenvalue weighted by Gasteiger charge is -2.30. The van der Waals surface area contributed by atoms with Crippen LogP contribution < -0.4 is 9.47 Å². The van der Waals surface area contributed by atoms with Crippen molar-refractivity contribution in [2.45, 2.75) is 18.6 Å². The van der Waals surface area contributed by atoms with Crippen LogP contribution in [0.1, 0.15) is 28.4 Å². The van der Waals surface area contributed by atoms with Crippen LogP contribution in [0.25, 0.3) is 0 Å². The van der Waals surface area contributed by atoms with Crippen molar-refractivity contribution >= 4 is 11.7 Å². The van der Waals surface area contributed by atoms with E-state index in [1.54, 1.807) is 29.2 Å². The molecule has 1 fully saturated rings. The van der Waals surface area contributed by atoms with Crippen LogP contribution in [0.3, 0.4) is 0 Å². The summed E-state index contributed by atoms with van der Waals surface area (Å²) >= 11 is 0. The normalized spacial score (nSPS) is 21.7. The molecule has 3 atom stereocenters. The molecule has 2 aliphatic heterocycles. The van der Waals surface area contributed by atoms with Crippen molar-refractivity contribution in [1.29, 1.82) is 0 Å². The first kappa shape index (κ1) is 20.3. The molecule has 0 aromatic heterocycles. The van der Waals surface area contributed by atoms with E-state index in [0.29, 0.717) is 35.8 Å². The van der Waals surface area contributed by atoms with Crippen molar-refractivity contribution in [2.75, 3.05) is 13.2 Å². The maximum Gasteiger partial charge on any atom is 0.265 e. The Balaban J connectivity index is 1.54. The monoisotopic (exact) mass is 429 g/mol. The predicted molar refractivity (Wildman–Crippen MR) is 118 cm³/mol. The standard InChI is InChI=1S/C26H23NO5/c28-15-7-14-27-23(17-8-6-11-19(16-17)31-18-9-2-1-3-10-18)22-24(29)20-12-4-5-13-21(20)32-25(22)26(27)30/h1-6,8-13,16,22-23,25,28H,7,14-15H2. The minimum absolute atomic E-state index is 0.0436. The van der Waals surface area contributed by atoms with E-state index in [0.717, 1.165) is 5.56 Å². The highest BCUT2D eigenvalue weighted by atomic mass is 16.5. The highest BCUT2D eigenvalue weighted by molar-refractivity contribution is 6.07. The molecule has 3 aromatic rings. The maximum atomic E-state index is 13.5. The van der Waals surface area contributed by atoms with Gasteiger partial charge in [0.2, 0.25) is 0 Å². The van der Waals surface area contributed by atoms with E-state index in [1.165, 1.54) is 0 Å². The number of aliphatic hydroxyl groups excluding tert-OH is 1. The first-order chi connectivity index (χ1) is 15.7. The quantitative estimate of drug-likeness (QED) is 0.641. The van der Waals surface area contributed by atoms with Crippen LogP contribution >= 0.6 is 0 Å². The van der Waals surface area contributed by atoms with Crippen LogP contribution in [0.4, 0.5) is 0 Å². The fourth-order valence-electron chi connectivity index (χ4n) is 4.57. The zero-order valence-electron chi connectivity index (χ0n) is 17.4. The van der Waals surface area contributed by atoms with Crippen LogP contribution in [0.5, 0.6) is 17.2 Å². The summed E-state index contributed by atoms with van der Waals surface area (Å²) < 4.78 is 12.0. The number of hydrogen-bond acceptors (Lipinski definition) is 5. The number of likely N-dealkylation sites (tertiary alicyclic amines) is 1. The second kappa shape index (κ2) is 8.48. The van der Waals surface area contributed by atoms with Crippen LogP contribution in [-0.4, -0.2) is 41.0 Å². The van der Waals surface area contributed by atoms with E-state index < -0.39 is 18.1 Å². The van der Waals surface area contributed by atoms with Gasteiger partial charge in [-0.2, -0.15) is 0 Å². The van der Waals surface area contributed by atoms with Gasteiger partial charge in [-0.05, 0) is 48.4 Å². The summed E-state index contributed by atoms with van der Waals surface area (Å²) in [5, 5.41) is 9.37. The molecule has 0 radical (unpaired) electrons. The second-order valence-electron chi connectivity index (χ2n) is 7.97. The SMILES string of the molecule is O=C1c2ccccc2OC2C(=O)N(CCCO)C(c3cccc(Oc4ccccc4)c3)C12. The molecule has 32 heavy (non-hydrogen) atoms. The number of aliphatic hydroxyl groups is 1. The third-order valence-corrected chi connectivity index (χ3v) is 5.97. The van der Waals surface area contributed by atoms with Gasteiger partial charge >= 0.3 is 0 Å². The fourth-order valence-corrected chi connectivity index (χ4v) is 4.57. The number of ether oxygens (including phenoxy) is 2. The van der Waals surface area contributed by atoms with E-state index in [-0.39, 0.29) is 18.3 Å². The zero-order valence-corrected chi connectivity index (χ0v) is 17.4. The van der Waals surface area contributed by atoms with Gasteiger partial charge in [0.1, 0.15) is 17.2 Å². The molecule has 6 nitrogen and oxygen atoms in total. The number of ketones is 1. The Hall–Kier alpha value is -3.64. The molecule has 2 heterocycles. The molecule has 2 aliphatic rings. The third kappa shape index (κ3) is 3.52. The molecule has 162 valence electrons. The molecule has 1 saturated heterocycles. The van der Waals surface area contributed by atoms with Gasteiger partial charge in [-0.25, -0.2) is 0 Å². The lowest BCUT2D eigenvalue weighted by Crippen LogP contribution is -2.39. The minimum atomic E-state index is -0.875. The molecular weight excluding hydrogens is 406 g/mol. The number of fused-ring (bicyclic) bond motifs is 2. The number of carbonyl (C=O) groups excluding carboxylic acids is 2. The lowest BCUT2D eigenvalue weighted by molar-refractivity contribution is -0.134. The number of hydrogen-bond donors (Lipinski definition) is 1. The summed E-state index contributed by atoms with van der Waals surface area (Å²) in [4.78, 5) is 28.4. The van der Waals surface area contributed by atoms with Gasteiger partial charge in [0.15, 0.2) is 11.9 Å². The molecule has 3 aromatic carbocycles. The van der Waals surface area contributed by atoms with E-state index >= 15 is 0 Å². The van der Waals surface area contributed by atoms with Gasteiger partial charge in [-0.15, -0.1) is 0 Å². The first-order valence-electron chi connectivity index (χ1n) is 10.7. The van der Waals surface area contributed by atoms with Gasteiger partial charge in [-0.1, -0.05) is 42.5 Å². The van der Waals surface area contributed by atoms with Crippen molar-refractivity contribution in [3.05, 3.63) is 90.0 Å². The summed E-state index contributed by atoms with van der Waals surface area (Å²) in [7, 11) is 0. The van der Waals surface area contributed by atoms with E-state index in [4.69, 9.17) is 9.47 Å². The van der Waals surface area contributed by atoms with Crippen LogP contribution in [0.15, 0.2) is 78.9 Å². The molecule has 3 unspecified atom stereocenters. The van der Waals surface area contributed by atoms with Gasteiger partial charge < -0.3 is 19.5 Å². The van der Waals surface area contributed by atoms with Crippen LogP contribution in [0.2, 0.25) is 0 Å². The minimum Gasteiger partial charge on any atom is -0.479 e. The Labute approximate surface area is 186 Å². The number of Topliss-reactive ketones (excluding diaryl/α,β-unsaturated/α-hetero) is 1. The summed E-state index contributed by atoms with van der Waals surface area (Å²) in [5.41, 5.74) is 1.29. The van der Waals surface area contributed by atoms with Gasteiger partial charge in [0.25, 0.3) is 5.91 Å². The number of nitrogens with zero attached hydrogens (tertiary/aromatic N) is 1. The second-order valence-corrected chi connectivity index (χ2v) is 7.97. The zero-order chi connectivity index (χ0) is 22.1. The van der Waals surface area contributed by atoms with Crippen molar-refractivity contribution < 1.29 is 24.2 Å². The lowest BCUT2D eigenvalue weighted by atomic mass is 9.83. The topological polar surface area (TPSA) is 76.1 Å². The van der Waals surface area contributed by atoms with E-state index in [1.807, 2.05) is 54.6 Å². The highest BCUT2D eigenvalue weighted by Crippen LogP contribution is 2.46. The van der Waals surface area contributed by atoms with Gasteiger partial charge in [0, 0.05) is 13.2 Å². The number of amides is 1. The highest BCUT2D eigenvalue weighted by Gasteiger charge is 2.56. The Bertz CT molecular complexity index is 1150. The fraction of sp³-hybridized carbons (Fsp3) is 0.231. The Morgan fingerprint density at radius 1 is 0.906 bits per heavy atom. The van der Waals surface area contributed by atoms with Gasteiger partial charge in [0.05, 0.1) is 17.5 Å². The Morgan fingerprint density at radius 2 is 1.66 bits per heavy atom. The molecule has 6 heteroatoms. The molecule has 0 bridgehead atoms. The van der Waals surface area contributed by atoms with Crippen molar-refractivity contribution in [1.82, 2.24) is 4.90 Å². The van der Waals surface area contributed by atoms with E-state index in [2.05, 4.69) is 0 Å². The Kier molecular flexibility index (Phi) is 5.37. The Morgan fingerprint density at radius 3 is 2.47 bits per heavy atom. The molecule has 0 saturated carbocycles. The summed E-state index contributed by atoms with van der Waals surface area (Å²) in [6, 6.07) is 23.4. The summed E-state index contributed by atoms with van der Waals surface area (Å²) in [6.45, 7) is 0.293. The smallest absolute Gasteiger partial charge is 0.265 e. The molecule has 1 amide bonds. The van der Waals surface area contributed by atoms with Crippen molar-refractivity contribution in [3.63, 3.8) is 0 Å². The number of benzene rings is 3. The first-order valence-corrected chi connectivity index (χ1v) is 10.7. The number of para-hydroxylation sites is 2. The van der Waals surface area contributed by atoms with Crippen molar-refractivity contribution in [3.8, 4) is 17.2 Å². The molecule has 5 rings (SSSR count). The number of carbonyl (C=O) groups is 2. The van der Waals surface area contributed by atoms with Gasteiger partial charge in [-0.3, -0.25) is 9.59 Å². The third-order valence-electron chi connectivity index (χ3n) is 5.97. The summed E-state index contributed by atoms with van der Waals surface area (Å²) in [6.07, 6.45) is -0.456. The summed E-state index contributed by atoms with van der Waals surface area (Å²) in [5.74, 6) is 0.769. The van der Waals surface area contributed by atoms with Crippen LogP contribution in [0, 0.1) is 5.92 Å². The number of rotatable bonds is 6. The molecule has 0 spiro atoms. The van der Waals surface area contributed by atoms with Crippen molar-refractivity contribution in [2.24, 2.45) is 5.92 Å².